The van der Waals surface area contributed by atoms with Gasteiger partial charge in [0.1, 0.15) is 11.2 Å². The number of ether oxygens (including phenoxy) is 2. The Balaban J connectivity index is 1.85. The van der Waals surface area contributed by atoms with Crippen LogP contribution in [0.4, 0.5) is 4.79 Å². The quantitative estimate of drug-likeness (QED) is 0.671. The Morgan fingerprint density at radius 3 is 2.53 bits per heavy atom. The topological polar surface area (TPSA) is 79.2 Å². The van der Waals surface area contributed by atoms with Crippen LogP contribution in [0.3, 0.4) is 0 Å². The molecule has 2 heterocycles. The van der Waals surface area contributed by atoms with Crippen molar-refractivity contribution < 1.29 is 24.3 Å². The van der Waals surface area contributed by atoms with Crippen LogP contribution in [-0.4, -0.2) is 59.1 Å². The Morgan fingerprint density at radius 1 is 1.47 bits per heavy atom. The summed E-state index contributed by atoms with van der Waals surface area (Å²) in [4.78, 5) is 13.4. The molecule has 1 saturated heterocycles. The fourth-order valence-electron chi connectivity index (χ4n) is 2.18. The van der Waals surface area contributed by atoms with Crippen molar-refractivity contribution >= 4 is 13.2 Å². The van der Waals surface area contributed by atoms with E-state index in [2.05, 4.69) is 0 Å². The van der Waals surface area contributed by atoms with Gasteiger partial charge in [-0.05, 0) is 32.7 Å². The van der Waals surface area contributed by atoms with Gasteiger partial charge in [-0.15, -0.1) is 0 Å². The van der Waals surface area contributed by atoms with Gasteiger partial charge in [-0.25, -0.2) is 4.79 Å². The summed E-state index contributed by atoms with van der Waals surface area (Å²) >= 11 is 0. The smallest absolute Gasteiger partial charge is 0.444 e. The third-order valence-corrected chi connectivity index (χ3v) is 3.22. The fourth-order valence-corrected chi connectivity index (χ4v) is 2.18. The van der Waals surface area contributed by atoms with Gasteiger partial charge in [0.2, 0.25) is 0 Å². The van der Waals surface area contributed by atoms with E-state index in [4.69, 9.17) is 19.5 Å². The van der Waals surface area contributed by atoms with E-state index in [1.807, 2.05) is 20.8 Å². The third kappa shape index (κ3) is 3.29. The van der Waals surface area contributed by atoms with Crippen LogP contribution in [0, 0.1) is 0 Å². The Kier molecular flexibility index (Phi) is 3.64. The van der Waals surface area contributed by atoms with Crippen molar-refractivity contribution in [2.24, 2.45) is 0 Å². The van der Waals surface area contributed by atoms with Crippen LogP contribution in [0.25, 0.3) is 0 Å². The zero-order valence-electron chi connectivity index (χ0n) is 11.5. The summed E-state index contributed by atoms with van der Waals surface area (Å²) in [5.41, 5.74) is -0.405. The monoisotopic (exact) mass is 269 g/mol. The van der Waals surface area contributed by atoms with Crippen LogP contribution in [0.1, 0.15) is 27.2 Å². The molecule has 106 valence electrons. The molecule has 1 spiro atoms. The Bertz CT molecular complexity index is 395. The Hall–Kier alpha value is -1.05. The second kappa shape index (κ2) is 4.81. The van der Waals surface area contributed by atoms with Gasteiger partial charge < -0.3 is 24.4 Å². The van der Waals surface area contributed by atoms with Gasteiger partial charge in [0.25, 0.3) is 0 Å². The summed E-state index contributed by atoms with van der Waals surface area (Å²) in [6, 6.07) is 0. The van der Waals surface area contributed by atoms with Crippen molar-refractivity contribution in [2.45, 2.75) is 38.4 Å². The van der Waals surface area contributed by atoms with E-state index in [0.717, 1.165) is 0 Å². The number of carbonyl (C=O) groups excluding carboxylic acids is 1. The van der Waals surface area contributed by atoms with Crippen molar-refractivity contribution in [3.63, 3.8) is 0 Å². The van der Waals surface area contributed by atoms with E-state index >= 15 is 0 Å². The molecule has 19 heavy (non-hydrogen) atoms. The molecule has 0 aromatic rings. The molecule has 6 nitrogen and oxygen atoms in total. The summed E-state index contributed by atoms with van der Waals surface area (Å²) in [5.74, 6) is 0. The first-order chi connectivity index (χ1) is 8.71. The average Bonchev–Trinajstić information content (AvgIpc) is 2.23. The summed E-state index contributed by atoms with van der Waals surface area (Å²) in [7, 11) is -1.46. The van der Waals surface area contributed by atoms with E-state index in [0.29, 0.717) is 25.0 Å². The van der Waals surface area contributed by atoms with E-state index < -0.39 is 12.7 Å². The third-order valence-electron chi connectivity index (χ3n) is 3.22. The zero-order valence-corrected chi connectivity index (χ0v) is 11.5. The maximum Gasteiger partial charge on any atom is 0.486 e. The SMILES string of the molecule is CC(C)(C)OC(=O)N1CC2(CC=C(B(O)O)CO2)C1. The first kappa shape index (κ1) is 14.4. The van der Waals surface area contributed by atoms with Crippen molar-refractivity contribution in [3.05, 3.63) is 11.5 Å². The lowest BCUT2D eigenvalue weighted by Gasteiger charge is -2.50. The first-order valence-corrected chi connectivity index (χ1v) is 6.38. The average molecular weight is 269 g/mol. The fraction of sp³-hybridized carbons (Fsp3) is 0.750. The van der Waals surface area contributed by atoms with Gasteiger partial charge in [0.05, 0.1) is 19.7 Å². The summed E-state index contributed by atoms with van der Waals surface area (Å²) in [6.45, 7) is 6.64. The lowest BCUT2D eigenvalue weighted by atomic mass is 9.75. The zero-order chi connectivity index (χ0) is 14.3. The first-order valence-electron chi connectivity index (χ1n) is 6.38. The van der Waals surface area contributed by atoms with E-state index in [-0.39, 0.29) is 18.3 Å². The maximum atomic E-state index is 11.8. The molecule has 2 aliphatic rings. The molecule has 0 atom stereocenters. The van der Waals surface area contributed by atoms with Gasteiger partial charge in [-0.2, -0.15) is 0 Å². The molecule has 0 saturated carbocycles. The van der Waals surface area contributed by atoms with Gasteiger partial charge >= 0.3 is 13.2 Å². The number of likely N-dealkylation sites (tertiary alicyclic amines) is 1. The predicted molar refractivity (Wildman–Crippen MR) is 69.4 cm³/mol. The predicted octanol–water partition coefficient (Wildman–Crippen LogP) is 0.335. The Morgan fingerprint density at radius 2 is 2.11 bits per heavy atom. The number of rotatable bonds is 1. The highest BCUT2D eigenvalue weighted by Gasteiger charge is 2.48. The number of carbonyl (C=O) groups is 1. The standard InChI is InChI=1S/C12H20BNO5/c1-11(2,3)19-10(15)14-7-12(8-14)5-4-9(6-18-12)13(16)17/h4,16-17H,5-8H2,1-3H3. The van der Waals surface area contributed by atoms with Crippen molar-refractivity contribution in [1.82, 2.24) is 4.90 Å². The molecule has 0 aromatic heterocycles. The number of hydrogen-bond donors (Lipinski definition) is 2. The highest BCUT2D eigenvalue weighted by atomic mass is 16.6. The maximum absolute atomic E-state index is 11.8. The van der Waals surface area contributed by atoms with Crippen molar-refractivity contribution in [2.75, 3.05) is 19.7 Å². The lowest BCUT2D eigenvalue weighted by molar-refractivity contribution is -0.136. The summed E-state index contributed by atoms with van der Waals surface area (Å²) < 4.78 is 10.9. The minimum atomic E-state index is -1.46. The molecule has 1 amide bonds. The highest BCUT2D eigenvalue weighted by molar-refractivity contribution is 6.50. The molecular weight excluding hydrogens is 249 g/mol. The van der Waals surface area contributed by atoms with E-state index in [9.17, 15) is 4.79 Å². The Labute approximate surface area is 113 Å². The van der Waals surface area contributed by atoms with Gasteiger partial charge in [0.15, 0.2) is 0 Å². The van der Waals surface area contributed by atoms with Gasteiger partial charge in [-0.1, -0.05) is 6.08 Å². The summed E-state index contributed by atoms with van der Waals surface area (Å²) in [5, 5.41) is 18.1. The number of hydrogen-bond acceptors (Lipinski definition) is 5. The molecule has 2 aliphatic heterocycles. The molecule has 2 N–H and O–H groups in total. The van der Waals surface area contributed by atoms with Crippen LogP contribution >= 0.6 is 0 Å². The number of nitrogens with zero attached hydrogens (tertiary/aromatic N) is 1. The molecular formula is C12H20BNO5. The molecule has 1 fully saturated rings. The minimum absolute atomic E-state index is 0.194. The summed E-state index contributed by atoms with van der Waals surface area (Å²) in [6.07, 6.45) is 2.03. The minimum Gasteiger partial charge on any atom is -0.444 e. The van der Waals surface area contributed by atoms with Crippen LogP contribution in [0.15, 0.2) is 11.5 Å². The second-order valence-electron chi connectivity index (χ2n) is 6.16. The number of amides is 1. The molecule has 0 bridgehead atoms. The van der Waals surface area contributed by atoms with Crippen molar-refractivity contribution in [3.8, 4) is 0 Å². The molecule has 7 heteroatoms. The molecule has 0 radical (unpaired) electrons. The normalized spacial score (nSPS) is 21.7. The van der Waals surface area contributed by atoms with E-state index in [1.54, 1.807) is 11.0 Å². The van der Waals surface area contributed by atoms with Gasteiger partial charge in [-0.3, -0.25) is 0 Å². The van der Waals surface area contributed by atoms with Crippen LogP contribution in [0.2, 0.25) is 0 Å². The van der Waals surface area contributed by atoms with Crippen molar-refractivity contribution in [1.29, 1.82) is 0 Å². The van der Waals surface area contributed by atoms with E-state index in [1.165, 1.54) is 0 Å². The molecule has 2 rings (SSSR count). The highest BCUT2D eigenvalue weighted by Crippen LogP contribution is 2.34. The van der Waals surface area contributed by atoms with Crippen LogP contribution in [-0.2, 0) is 9.47 Å². The van der Waals surface area contributed by atoms with Crippen LogP contribution in [0.5, 0.6) is 0 Å². The molecule has 0 unspecified atom stereocenters. The second-order valence-corrected chi connectivity index (χ2v) is 6.16. The lowest BCUT2D eigenvalue weighted by Crippen LogP contribution is -2.66. The molecule has 0 aromatic carbocycles. The molecule has 0 aliphatic carbocycles. The van der Waals surface area contributed by atoms with Crippen LogP contribution < -0.4 is 0 Å². The van der Waals surface area contributed by atoms with Gasteiger partial charge in [0, 0.05) is 0 Å². The largest absolute Gasteiger partial charge is 0.486 e.